The maximum Gasteiger partial charge on any atom is 0.294 e. The molecule has 1 N–H and O–H groups in total. The molecule has 0 fully saturated rings. The fraction of sp³-hybridized carbons (Fsp3) is 0.281. The number of rotatable bonds is 9. The average Bonchev–Trinajstić information content (AvgIpc) is 3.47. The highest BCUT2D eigenvalue weighted by molar-refractivity contribution is 6.08. The second-order valence-corrected chi connectivity index (χ2v) is 10.6. The van der Waals surface area contributed by atoms with Crippen LogP contribution < -0.4 is 15.0 Å². The van der Waals surface area contributed by atoms with E-state index in [9.17, 15) is 14.0 Å². The van der Waals surface area contributed by atoms with Crippen molar-refractivity contribution < 1.29 is 23.1 Å². The summed E-state index contributed by atoms with van der Waals surface area (Å²) in [6, 6.07) is 15.9. The van der Waals surface area contributed by atoms with Gasteiger partial charge in [0.2, 0.25) is 5.91 Å². The molecule has 0 spiro atoms. The Morgan fingerprint density at radius 2 is 1.82 bits per heavy atom. The molecule has 1 unspecified atom stereocenters. The van der Waals surface area contributed by atoms with Crippen LogP contribution in [0, 0.1) is 12.7 Å². The van der Waals surface area contributed by atoms with Crippen LogP contribution in [-0.2, 0) is 16.6 Å². The molecule has 40 heavy (non-hydrogen) atoms. The molecule has 0 aliphatic heterocycles. The van der Waals surface area contributed by atoms with Crippen LogP contribution in [0.3, 0.4) is 0 Å². The lowest BCUT2D eigenvalue weighted by molar-refractivity contribution is -0.122. The minimum Gasteiger partial charge on any atom is -0.495 e. The Kier molecular flexibility index (Phi) is 8.67. The lowest BCUT2D eigenvalue weighted by Crippen LogP contribution is -2.45. The van der Waals surface area contributed by atoms with E-state index >= 15 is 0 Å². The maximum absolute atomic E-state index is 14.0. The molecule has 2 aromatic carbocycles. The van der Waals surface area contributed by atoms with Gasteiger partial charge in [-0.05, 0) is 71.8 Å². The number of halogens is 1. The van der Waals surface area contributed by atoms with Crippen molar-refractivity contribution >= 4 is 17.5 Å². The van der Waals surface area contributed by atoms with Gasteiger partial charge in [-0.3, -0.25) is 19.5 Å². The molecular weight excluding hydrogens is 509 g/mol. The third-order valence-corrected chi connectivity index (χ3v) is 6.79. The van der Waals surface area contributed by atoms with Crippen molar-refractivity contribution in [1.82, 2.24) is 10.3 Å². The first kappa shape index (κ1) is 28.5. The zero-order chi connectivity index (χ0) is 28.9. The lowest BCUT2D eigenvalue weighted by atomic mass is 9.87. The molecule has 1 atom stereocenters. The number of furan rings is 1. The van der Waals surface area contributed by atoms with Crippen molar-refractivity contribution in [1.29, 1.82) is 0 Å². The number of nitrogens with one attached hydrogen (secondary N) is 1. The van der Waals surface area contributed by atoms with Gasteiger partial charge in [-0.1, -0.05) is 45.0 Å². The summed E-state index contributed by atoms with van der Waals surface area (Å²) in [5, 5.41) is 2.95. The third-order valence-electron chi connectivity index (χ3n) is 6.79. The van der Waals surface area contributed by atoms with Gasteiger partial charge < -0.3 is 14.5 Å². The second kappa shape index (κ2) is 12.2. The minimum atomic E-state index is -1.10. The van der Waals surface area contributed by atoms with Gasteiger partial charge in [0.25, 0.3) is 5.91 Å². The number of amides is 2. The highest BCUT2D eigenvalue weighted by Gasteiger charge is 2.36. The van der Waals surface area contributed by atoms with Crippen LogP contribution >= 0.6 is 0 Å². The molecule has 0 bridgehead atoms. The molecule has 0 aliphatic carbocycles. The first-order valence-electron chi connectivity index (χ1n) is 13.1. The smallest absolute Gasteiger partial charge is 0.294 e. The zero-order valence-electron chi connectivity index (χ0n) is 23.4. The largest absolute Gasteiger partial charge is 0.495 e. The van der Waals surface area contributed by atoms with Gasteiger partial charge in [0.1, 0.15) is 17.6 Å². The summed E-state index contributed by atoms with van der Waals surface area (Å²) in [6.07, 6.45) is 4.97. The minimum absolute atomic E-state index is 0.0889. The van der Waals surface area contributed by atoms with E-state index < -0.39 is 17.9 Å². The molecule has 7 nitrogen and oxygen atoms in total. The van der Waals surface area contributed by atoms with E-state index in [0.717, 1.165) is 11.1 Å². The highest BCUT2D eigenvalue weighted by atomic mass is 19.1. The third kappa shape index (κ3) is 6.39. The Morgan fingerprint density at radius 3 is 2.45 bits per heavy atom. The van der Waals surface area contributed by atoms with Crippen LogP contribution in [0.15, 0.2) is 83.7 Å². The molecule has 208 valence electrons. The molecule has 0 radical (unpaired) electrons. The molecule has 2 aromatic heterocycles. The average molecular weight is 544 g/mol. The van der Waals surface area contributed by atoms with Crippen LogP contribution in [0.2, 0.25) is 0 Å². The van der Waals surface area contributed by atoms with Crippen LogP contribution in [0.5, 0.6) is 5.75 Å². The Bertz CT molecular complexity index is 1460. The van der Waals surface area contributed by atoms with Crippen molar-refractivity contribution in [3.8, 4) is 5.75 Å². The Hall–Kier alpha value is -4.46. The number of anilines is 1. The lowest BCUT2D eigenvalue weighted by Gasteiger charge is -2.32. The number of ether oxygens (including phenoxy) is 1. The number of carbonyl (C=O) groups is 2. The van der Waals surface area contributed by atoms with Crippen LogP contribution in [0.1, 0.15) is 59.6 Å². The molecule has 0 saturated heterocycles. The number of methoxy groups -OCH3 is 1. The summed E-state index contributed by atoms with van der Waals surface area (Å²) < 4.78 is 24.6. The molecule has 0 aliphatic rings. The molecule has 4 aromatic rings. The van der Waals surface area contributed by atoms with E-state index in [1.165, 1.54) is 30.4 Å². The van der Waals surface area contributed by atoms with E-state index in [1.54, 1.807) is 36.7 Å². The molecule has 4 rings (SSSR count). The van der Waals surface area contributed by atoms with Gasteiger partial charge in [0.15, 0.2) is 5.76 Å². The molecular formula is C32H34FN3O4. The van der Waals surface area contributed by atoms with E-state index in [1.807, 2.05) is 31.2 Å². The monoisotopic (exact) mass is 543 g/mol. The predicted octanol–water partition coefficient (Wildman–Crippen LogP) is 6.18. The van der Waals surface area contributed by atoms with Crippen molar-refractivity contribution in [2.75, 3.05) is 18.6 Å². The van der Waals surface area contributed by atoms with Crippen LogP contribution in [-0.4, -0.2) is 30.5 Å². The van der Waals surface area contributed by atoms with Crippen molar-refractivity contribution in [2.24, 2.45) is 0 Å². The summed E-state index contributed by atoms with van der Waals surface area (Å²) >= 11 is 0. The number of aromatic nitrogens is 1. The van der Waals surface area contributed by atoms with Gasteiger partial charge >= 0.3 is 0 Å². The maximum atomic E-state index is 14.0. The number of benzene rings is 2. The van der Waals surface area contributed by atoms with E-state index in [0.29, 0.717) is 29.0 Å². The fourth-order valence-electron chi connectivity index (χ4n) is 4.54. The van der Waals surface area contributed by atoms with Gasteiger partial charge in [0, 0.05) is 24.0 Å². The first-order chi connectivity index (χ1) is 19.1. The molecule has 2 heterocycles. The second-order valence-electron chi connectivity index (χ2n) is 10.6. The molecule has 0 saturated carbocycles. The van der Waals surface area contributed by atoms with Gasteiger partial charge in [-0.2, -0.15) is 0 Å². The zero-order valence-corrected chi connectivity index (χ0v) is 23.4. The van der Waals surface area contributed by atoms with Gasteiger partial charge in [-0.25, -0.2) is 4.39 Å². The topological polar surface area (TPSA) is 84.7 Å². The first-order valence-corrected chi connectivity index (χ1v) is 13.1. The van der Waals surface area contributed by atoms with Gasteiger partial charge in [0.05, 0.1) is 19.6 Å². The standard InChI is InChI=1S/C32H34FN3O4/c1-21-26(19-34-20-28(21)39-5)29(30(37)35-16-15-22-8-6-9-24(33)18-22)36(31(38)27-10-7-17-40-27)25-13-11-23(12-14-25)32(2,3)4/h6-14,17-20,29H,15-16H2,1-5H3,(H,35,37). The Labute approximate surface area is 234 Å². The fourth-order valence-corrected chi connectivity index (χ4v) is 4.54. The summed E-state index contributed by atoms with van der Waals surface area (Å²) in [5.74, 6) is -0.668. The Balaban J connectivity index is 1.78. The predicted molar refractivity (Wildman–Crippen MR) is 152 cm³/mol. The van der Waals surface area contributed by atoms with Crippen molar-refractivity contribution in [3.63, 3.8) is 0 Å². The van der Waals surface area contributed by atoms with E-state index in [2.05, 4.69) is 31.1 Å². The van der Waals surface area contributed by atoms with Crippen molar-refractivity contribution in [2.45, 2.75) is 45.6 Å². The van der Waals surface area contributed by atoms with E-state index in [-0.39, 0.29) is 23.5 Å². The van der Waals surface area contributed by atoms with Crippen molar-refractivity contribution in [3.05, 3.63) is 113 Å². The van der Waals surface area contributed by atoms with E-state index in [4.69, 9.17) is 9.15 Å². The summed E-state index contributed by atoms with van der Waals surface area (Å²) in [6.45, 7) is 8.37. The number of hydrogen-bond acceptors (Lipinski definition) is 5. The Morgan fingerprint density at radius 1 is 1.07 bits per heavy atom. The number of carbonyl (C=O) groups excluding carboxylic acids is 2. The van der Waals surface area contributed by atoms with Crippen LogP contribution in [0.4, 0.5) is 10.1 Å². The molecule has 8 heteroatoms. The summed E-state index contributed by atoms with van der Waals surface area (Å²) in [7, 11) is 1.53. The number of hydrogen-bond donors (Lipinski definition) is 1. The number of nitrogens with zero attached hydrogens (tertiary/aromatic N) is 2. The highest BCUT2D eigenvalue weighted by Crippen LogP contribution is 2.35. The van der Waals surface area contributed by atoms with Crippen LogP contribution in [0.25, 0.3) is 0 Å². The SMILES string of the molecule is COc1cncc(C(C(=O)NCCc2cccc(F)c2)N(C(=O)c2ccco2)c2ccc(C(C)(C)C)cc2)c1C. The summed E-state index contributed by atoms with van der Waals surface area (Å²) in [5.41, 5.74) is 3.42. The summed E-state index contributed by atoms with van der Waals surface area (Å²) in [4.78, 5) is 33.7. The van der Waals surface area contributed by atoms with Gasteiger partial charge in [-0.15, -0.1) is 0 Å². The molecule has 2 amide bonds. The quantitative estimate of drug-likeness (QED) is 0.273. The normalized spacial score (nSPS) is 12.1. The number of pyridine rings is 1.